The summed E-state index contributed by atoms with van der Waals surface area (Å²) in [7, 11) is 0. The fraction of sp³-hybridized carbons (Fsp3) is 0.556. The van der Waals surface area contributed by atoms with Gasteiger partial charge in [-0.15, -0.1) is 0 Å². The van der Waals surface area contributed by atoms with Crippen molar-refractivity contribution >= 4 is 0 Å². The van der Waals surface area contributed by atoms with Gasteiger partial charge >= 0.3 is 0 Å². The average Bonchev–Trinajstić information content (AvgIpc) is 2.95. The molecule has 0 fully saturated rings. The van der Waals surface area contributed by atoms with Gasteiger partial charge in [-0.2, -0.15) is 10.1 Å². The Labute approximate surface area is 92.9 Å². The summed E-state index contributed by atoms with van der Waals surface area (Å²) in [6.45, 7) is 4.36. The Morgan fingerprint density at radius 3 is 3.12 bits per heavy atom. The van der Waals surface area contributed by atoms with E-state index in [0.29, 0.717) is 12.4 Å². The van der Waals surface area contributed by atoms with Crippen molar-refractivity contribution in [2.75, 3.05) is 6.54 Å². The average molecular weight is 222 g/mol. The van der Waals surface area contributed by atoms with Crippen LogP contribution in [0.25, 0.3) is 0 Å². The fourth-order valence-corrected chi connectivity index (χ4v) is 1.39. The predicted molar refractivity (Wildman–Crippen MR) is 55.4 cm³/mol. The Kier molecular flexibility index (Phi) is 3.60. The molecule has 0 radical (unpaired) electrons. The number of rotatable bonds is 6. The molecule has 2 aromatic heterocycles. The zero-order chi connectivity index (χ0) is 11.2. The van der Waals surface area contributed by atoms with Crippen LogP contribution in [0.2, 0.25) is 0 Å². The Hall–Kier alpha value is -1.76. The molecule has 2 heterocycles. The number of nitrogens with one attached hydrogen (secondary N) is 1. The molecule has 0 amide bonds. The van der Waals surface area contributed by atoms with Gasteiger partial charge in [-0.3, -0.25) is 0 Å². The summed E-state index contributed by atoms with van der Waals surface area (Å²) in [5.74, 6) is 1.65. The van der Waals surface area contributed by atoms with Crippen LogP contribution in [-0.2, 0) is 19.5 Å². The van der Waals surface area contributed by atoms with E-state index in [4.69, 9.17) is 0 Å². The molecule has 2 aromatic rings. The molecule has 7 heteroatoms. The van der Waals surface area contributed by atoms with Crippen molar-refractivity contribution in [3.8, 4) is 0 Å². The van der Waals surface area contributed by atoms with Gasteiger partial charge in [0.2, 0.25) is 6.39 Å². The maximum absolute atomic E-state index is 4.64. The van der Waals surface area contributed by atoms with E-state index in [1.165, 1.54) is 6.39 Å². The summed E-state index contributed by atoms with van der Waals surface area (Å²) in [6.07, 6.45) is 3.65. The van der Waals surface area contributed by atoms with Crippen molar-refractivity contribution in [2.45, 2.75) is 26.4 Å². The van der Waals surface area contributed by atoms with Gasteiger partial charge in [0, 0.05) is 19.5 Å². The SMILES string of the molecule is CCn1ncnc1CNCCc1ncon1. The largest absolute Gasteiger partial charge is 0.343 e. The second kappa shape index (κ2) is 5.36. The number of hydrogen-bond acceptors (Lipinski definition) is 6. The van der Waals surface area contributed by atoms with Gasteiger partial charge in [0.05, 0.1) is 6.54 Å². The quantitative estimate of drug-likeness (QED) is 0.693. The molecule has 0 saturated heterocycles. The Bertz CT molecular complexity index is 409. The number of aromatic nitrogens is 5. The van der Waals surface area contributed by atoms with Gasteiger partial charge in [-0.25, -0.2) is 9.67 Å². The van der Waals surface area contributed by atoms with E-state index in [9.17, 15) is 0 Å². The van der Waals surface area contributed by atoms with Gasteiger partial charge in [0.25, 0.3) is 0 Å². The molecule has 0 aliphatic rings. The summed E-state index contributed by atoms with van der Waals surface area (Å²) >= 11 is 0. The van der Waals surface area contributed by atoms with Crippen molar-refractivity contribution in [3.05, 3.63) is 24.4 Å². The molecule has 0 atom stereocenters. The lowest BCUT2D eigenvalue weighted by atomic mass is 10.4. The standard InChI is InChI=1S/C9H14N6O/c1-2-15-9(11-6-13-15)5-10-4-3-8-12-7-16-14-8/h6-7,10H,2-5H2,1H3. The Morgan fingerprint density at radius 1 is 1.44 bits per heavy atom. The van der Waals surface area contributed by atoms with Gasteiger partial charge in [0.1, 0.15) is 12.2 Å². The Balaban J connectivity index is 1.72. The molecule has 7 nitrogen and oxygen atoms in total. The van der Waals surface area contributed by atoms with E-state index >= 15 is 0 Å². The lowest BCUT2D eigenvalue weighted by Gasteiger charge is -2.03. The molecule has 0 saturated carbocycles. The van der Waals surface area contributed by atoms with E-state index in [1.807, 2.05) is 11.6 Å². The maximum Gasteiger partial charge on any atom is 0.213 e. The Morgan fingerprint density at radius 2 is 2.38 bits per heavy atom. The minimum atomic E-state index is 0.700. The van der Waals surface area contributed by atoms with Gasteiger partial charge in [-0.05, 0) is 6.92 Å². The molecule has 0 unspecified atom stereocenters. The summed E-state index contributed by atoms with van der Waals surface area (Å²) in [4.78, 5) is 8.09. The molecule has 0 spiro atoms. The van der Waals surface area contributed by atoms with Crippen LogP contribution in [0.3, 0.4) is 0 Å². The lowest BCUT2D eigenvalue weighted by Crippen LogP contribution is -2.20. The van der Waals surface area contributed by atoms with Gasteiger partial charge < -0.3 is 9.84 Å². The van der Waals surface area contributed by atoms with Gasteiger partial charge in [0.15, 0.2) is 5.82 Å². The lowest BCUT2D eigenvalue weighted by molar-refractivity contribution is 0.409. The smallest absolute Gasteiger partial charge is 0.213 e. The molecular weight excluding hydrogens is 208 g/mol. The van der Waals surface area contributed by atoms with E-state index in [0.717, 1.165) is 25.3 Å². The van der Waals surface area contributed by atoms with Crippen LogP contribution in [0, 0.1) is 0 Å². The topological polar surface area (TPSA) is 81.7 Å². The van der Waals surface area contributed by atoms with E-state index in [1.54, 1.807) is 6.33 Å². The normalized spacial score (nSPS) is 10.8. The van der Waals surface area contributed by atoms with Crippen molar-refractivity contribution in [1.82, 2.24) is 30.2 Å². The first-order valence-electron chi connectivity index (χ1n) is 5.22. The summed E-state index contributed by atoms with van der Waals surface area (Å²) < 4.78 is 6.50. The highest BCUT2D eigenvalue weighted by atomic mass is 16.5. The summed E-state index contributed by atoms with van der Waals surface area (Å²) in [5.41, 5.74) is 0. The van der Waals surface area contributed by atoms with Crippen molar-refractivity contribution in [1.29, 1.82) is 0 Å². The number of aryl methyl sites for hydroxylation is 1. The molecule has 0 bridgehead atoms. The van der Waals surface area contributed by atoms with Crippen molar-refractivity contribution in [3.63, 3.8) is 0 Å². The summed E-state index contributed by atoms with van der Waals surface area (Å²) in [6, 6.07) is 0. The molecule has 2 rings (SSSR count). The van der Waals surface area contributed by atoms with Crippen LogP contribution in [-0.4, -0.2) is 31.4 Å². The zero-order valence-electron chi connectivity index (χ0n) is 9.13. The molecular formula is C9H14N6O. The third-order valence-corrected chi connectivity index (χ3v) is 2.21. The first kappa shape index (κ1) is 10.7. The van der Waals surface area contributed by atoms with E-state index < -0.39 is 0 Å². The molecule has 0 aliphatic heterocycles. The molecule has 1 N–H and O–H groups in total. The van der Waals surface area contributed by atoms with E-state index in [-0.39, 0.29) is 0 Å². The number of hydrogen-bond donors (Lipinski definition) is 1. The first-order chi connectivity index (χ1) is 7.90. The van der Waals surface area contributed by atoms with E-state index in [2.05, 4.69) is 30.1 Å². The first-order valence-corrected chi connectivity index (χ1v) is 5.22. The van der Waals surface area contributed by atoms with Crippen LogP contribution < -0.4 is 5.32 Å². The van der Waals surface area contributed by atoms with Crippen LogP contribution >= 0.6 is 0 Å². The minimum absolute atomic E-state index is 0.700. The number of nitrogens with zero attached hydrogens (tertiary/aromatic N) is 5. The van der Waals surface area contributed by atoms with Crippen LogP contribution in [0.1, 0.15) is 18.6 Å². The molecule has 16 heavy (non-hydrogen) atoms. The highest BCUT2D eigenvalue weighted by molar-refractivity contribution is 4.84. The van der Waals surface area contributed by atoms with Crippen LogP contribution in [0.15, 0.2) is 17.2 Å². The molecule has 0 aliphatic carbocycles. The fourth-order valence-electron chi connectivity index (χ4n) is 1.39. The predicted octanol–water partition coefficient (Wildman–Crippen LogP) is 0.0133. The van der Waals surface area contributed by atoms with Crippen LogP contribution in [0.4, 0.5) is 0 Å². The maximum atomic E-state index is 4.64. The van der Waals surface area contributed by atoms with Crippen molar-refractivity contribution < 1.29 is 4.52 Å². The highest BCUT2D eigenvalue weighted by Gasteiger charge is 2.02. The third kappa shape index (κ3) is 2.63. The van der Waals surface area contributed by atoms with Crippen LogP contribution in [0.5, 0.6) is 0 Å². The second-order valence-electron chi connectivity index (χ2n) is 3.27. The highest BCUT2D eigenvalue weighted by Crippen LogP contribution is 1.93. The zero-order valence-corrected chi connectivity index (χ0v) is 9.13. The van der Waals surface area contributed by atoms with Crippen molar-refractivity contribution in [2.24, 2.45) is 0 Å². The third-order valence-electron chi connectivity index (χ3n) is 2.21. The van der Waals surface area contributed by atoms with Gasteiger partial charge in [-0.1, -0.05) is 5.16 Å². The monoisotopic (exact) mass is 222 g/mol. The molecule has 86 valence electrons. The summed E-state index contributed by atoms with van der Waals surface area (Å²) in [5, 5.41) is 11.1. The second-order valence-corrected chi connectivity index (χ2v) is 3.27. The molecule has 0 aromatic carbocycles. The minimum Gasteiger partial charge on any atom is -0.343 e.